The third-order valence-corrected chi connectivity index (χ3v) is 4.87. The summed E-state index contributed by atoms with van der Waals surface area (Å²) in [6.07, 6.45) is 0. The van der Waals surface area contributed by atoms with E-state index in [0.29, 0.717) is 29.9 Å². The standard InChI is InChI=1S/C21H23F2N3O2/c1-13(2)20(27)26-11-19(12-26)25(3)21(28)24-18-6-4-14(5-7-18)15-8-16(22)10-17(23)9-15/h4-10,13,19H,11-12H2,1-3H3,(H,24,28). The number of hydrogen-bond donors (Lipinski definition) is 1. The van der Waals surface area contributed by atoms with Gasteiger partial charge in [-0.2, -0.15) is 0 Å². The Morgan fingerprint density at radius 1 is 1.04 bits per heavy atom. The summed E-state index contributed by atoms with van der Waals surface area (Å²) in [5, 5.41) is 2.79. The number of benzene rings is 2. The predicted molar refractivity (Wildman–Crippen MR) is 104 cm³/mol. The van der Waals surface area contributed by atoms with E-state index in [1.165, 1.54) is 12.1 Å². The second-order valence-electron chi connectivity index (χ2n) is 7.33. The molecular weight excluding hydrogens is 364 g/mol. The van der Waals surface area contributed by atoms with Gasteiger partial charge in [-0.1, -0.05) is 26.0 Å². The van der Waals surface area contributed by atoms with Gasteiger partial charge in [0.1, 0.15) is 11.6 Å². The Labute approximate surface area is 162 Å². The Kier molecular flexibility index (Phi) is 5.63. The van der Waals surface area contributed by atoms with Crippen LogP contribution in [0.3, 0.4) is 0 Å². The van der Waals surface area contributed by atoms with Gasteiger partial charge in [-0.15, -0.1) is 0 Å². The molecule has 3 amide bonds. The van der Waals surface area contributed by atoms with Gasteiger partial charge in [0.05, 0.1) is 6.04 Å². The van der Waals surface area contributed by atoms with Crippen molar-refractivity contribution >= 4 is 17.6 Å². The molecule has 0 aliphatic carbocycles. The highest BCUT2D eigenvalue weighted by Gasteiger charge is 2.35. The van der Waals surface area contributed by atoms with E-state index in [9.17, 15) is 18.4 Å². The summed E-state index contributed by atoms with van der Waals surface area (Å²) >= 11 is 0. The molecular formula is C21H23F2N3O2. The first kappa shape index (κ1) is 19.8. The number of nitrogens with one attached hydrogen (secondary N) is 1. The van der Waals surface area contributed by atoms with Crippen molar-refractivity contribution in [1.29, 1.82) is 0 Å². The van der Waals surface area contributed by atoms with Crippen LogP contribution in [0.25, 0.3) is 11.1 Å². The lowest BCUT2D eigenvalue weighted by Gasteiger charge is -2.44. The van der Waals surface area contributed by atoms with Crippen molar-refractivity contribution in [3.05, 3.63) is 54.1 Å². The smallest absolute Gasteiger partial charge is 0.321 e. The molecule has 2 aromatic carbocycles. The molecule has 0 radical (unpaired) electrons. The van der Waals surface area contributed by atoms with Crippen molar-refractivity contribution in [2.45, 2.75) is 19.9 Å². The summed E-state index contributed by atoms with van der Waals surface area (Å²) in [5.41, 5.74) is 1.65. The number of nitrogens with zero attached hydrogens (tertiary/aromatic N) is 2. The van der Waals surface area contributed by atoms with E-state index in [1.807, 2.05) is 13.8 Å². The largest absolute Gasteiger partial charge is 0.338 e. The van der Waals surface area contributed by atoms with E-state index in [-0.39, 0.29) is 23.9 Å². The first-order chi connectivity index (χ1) is 13.2. The van der Waals surface area contributed by atoms with Crippen molar-refractivity contribution in [2.24, 2.45) is 5.92 Å². The number of likely N-dealkylation sites (tertiary alicyclic amines) is 1. The average molecular weight is 387 g/mol. The molecule has 7 heteroatoms. The Morgan fingerprint density at radius 3 is 2.14 bits per heavy atom. The number of amides is 3. The second-order valence-corrected chi connectivity index (χ2v) is 7.33. The zero-order valence-corrected chi connectivity index (χ0v) is 16.1. The molecule has 0 saturated carbocycles. The Bertz CT molecular complexity index is 857. The van der Waals surface area contributed by atoms with Crippen molar-refractivity contribution in [1.82, 2.24) is 9.80 Å². The number of likely N-dealkylation sites (N-methyl/N-ethyl adjacent to an activating group) is 1. The van der Waals surface area contributed by atoms with Crippen LogP contribution in [0.4, 0.5) is 19.3 Å². The van der Waals surface area contributed by atoms with E-state index >= 15 is 0 Å². The fourth-order valence-corrected chi connectivity index (χ4v) is 3.09. The number of rotatable bonds is 4. The molecule has 0 unspecified atom stereocenters. The van der Waals surface area contributed by atoms with Crippen LogP contribution < -0.4 is 5.32 Å². The van der Waals surface area contributed by atoms with Crippen molar-refractivity contribution in [3.8, 4) is 11.1 Å². The monoisotopic (exact) mass is 387 g/mol. The molecule has 0 bridgehead atoms. The third-order valence-electron chi connectivity index (χ3n) is 4.87. The van der Waals surface area contributed by atoms with Gasteiger partial charge in [-0.3, -0.25) is 4.79 Å². The molecule has 28 heavy (non-hydrogen) atoms. The van der Waals surface area contributed by atoms with Crippen LogP contribution in [0.2, 0.25) is 0 Å². The average Bonchev–Trinajstić information content (AvgIpc) is 2.59. The van der Waals surface area contributed by atoms with Crippen LogP contribution in [-0.4, -0.2) is 47.9 Å². The number of carbonyl (C=O) groups is 2. The van der Waals surface area contributed by atoms with Gasteiger partial charge in [0.2, 0.25) is 5.91 Å². The molecule has 0 aromatic heterocycles. The van der Waals surface area contributed by atoms with Crippen LogP contribution in [0.15, 0.2) is 42.5 Å². The van der Waals surface area contributed by atoms with Crippen LogP contribution in [0.1, 0.15) is 13.8 Å². The van der Waals surface area contributed by atoms with Crippen molar-refractivity contribution in [3.63, 3.8) is 0 Å². The topological polar surface area (TPSA) is 52.7 Å². The first-order valence-corrected chi connectivity index (χ1v) is 9.13. The van der Waals surface area contributed by atoms with Gasteiger partial charge in [0, 0.05) is 37.8 Å². The maximum Gasteiger partial charge on any atom is 0.321 e. The van der Waals surface area contributed by atoms with Gasteiger partial charge in [0.25, 0.3) is 0 Å². The molecule has 2 aromatic rings. The fourth-order valence-electron chi connectivity index (χ4n) is 3.09. The van der Waals surface area contributed by atoms with E-state index in [0.717, 1.165) is 6.07 Å². The summed E-state index contributed by atoms with van der Waals surface area (Å²) in [6.45, 7) is 4.78. The quantitative estimate of drug-likeness (QED) is 0.863. The Balaban J connectivity index is 1.58. The lowest BCUT2D eigenvalue weighted by atomic mass is 10.0. The van der Waals surface area contributed by atoms with Gasteiger partial charge in [-0.05, 0) is 35.4 Å². The van der Waals surface area contributed by atoms with Crippen LogP contribution in [-0.2, 0) is 4.79 Å². The minimum Gasteiger partial charge on any atom is -0.338 e. The van der Waals surface area contributed by atoms with E-state index in [2.05, 4.69) is 5.32 Å². The first-order valence-electron chi connectivity index (χ1n) is 9.13. The maximum absolute atomic E-state index is 13.4. The molecule has 1 fully saturated rings. The maximum atomic E-state index is 13.4. The number of halogens is 2. The lowest BCUT2D eigenvalue weighted by Crippen LogP contribution is -2.62. The summed E-state index contributed by atoms with van der Waals surface area (Å²) in [4.78, 5) is 27.6. The molecule has 1 saturated heterocycles. The van der Waals surface area contributed by atoms with Crippen molar-refractivity contribution < 1.29 is 18.4 Å². The zero-order chi connectivity index (χ0) is 20.4. The summed E-state index contributed by atoms with van der Waals surface area (Å²) in [6, 6.07) is 9.79. The fraction of sp³-hybridized carbons (Fsp3) is 0.333. The third kappa shape index (κ3) is 4.30. The number of hydrogen-bond acceptors (Lipinski definition) is 2. The molecule has 1 N–H and O–H groups in total. The molecule has 148 valence electrons. The van der Waals surface area contributed by atoms with E-state index in [4.69, 9.17) is 0 Å². The summed E-state index contributed by atoms with van der Waals surface area (Å²) in [7, 11) is 1.70. The normalized spacial score (nSPS) is 14.0. The number of urea groups is 1. The highest BCUT2D eigenvalue weighted by atomic mass is 19.1. The summed E-state index contributed by atoms with van der Waals surface area (Å²) in [5.74, 6) is -1.24. The summed E-state index contributed by atoms with van der Waals surface area (Å²) < 4.78 is 26.7. The van der Waals surface area contributed by atoms with Crippen LogP contribution >= 0.6 is 0 Å². The van der Waals surface area contributed by atoms with Gasteiger partial charge < -0.3 is 15.1 Å². The highest BCUT2D eigenvalue weighted by Crippen LogP contribution is 2.24. The van der Waals surface area contributed by atoms with Crippen LogP contribution in [0, 0.1) is 17.6 Å². The highest BCUT2D eigenvalue weighted by molar-refractivity contribution is 5.90. The molecule has 3 rings (SSSR count). The molecule has 1 aliphatic rings. The molecule has 0 spiro atoms. The molecule has 1 heterocycles. The lowest BCUT2D eigenvalue weighted by molar-refractivity contribution is -0.140. The van der Waals surface area contributed by atoms with Gasteiger partial charge >= 0.3 is 6.03 Å². The SMILES string of the molecule is CC(C)C(=O)N1CC(N(C)C(=O)Nc2ccc(-c3cc(F)cc(F)c3)cc2)C1. The van der Waals surface area contributed by atoms with Gasteiger partial charge in [-0.25, -0.2) is 13.6 Å². The molecule has 5 nitrogen and oxygen atoms in total. The predicted octanol–water partition coefficient (Wildman–Crippen LogP) is 3.96. The van der Waals surface area contributed by atoms with E-state index in [1.54, 1.807) is 41.1 Å². The second kappa shape index (κ2) is 7.96. The zero-order valence-electron chi connectivity index (χ0n) is 16.1. The molecule has 0 atom stereocenters. The number of anilines is 1. The Hall–Kier alpha value is -2.96. The minimum atomic E-state index is -0.639. The Morgan fingerprint density at radius 2 is 1.61 bits per heavy atom. The van der Waals surface area contributed by atoms with Crippen LogP contribution in [0.5, 0.6) is 0 Å². The van der Waals surface area contributed by atoms with Crippen molar-refractivity contribution in [2.75, 3.05) is 25.5 Å². The molecule has 1 aliphatic heterocycles. The number of carbonyl (C=O) groups excluding carboxylic acids is 2. The van der Waals surface area contributed by atoms with Gasteiger partial charge in [0.15, 0.2) is 0 Å². The van der Waals surface area contributed by atoms with E-state index < -0.39 is 11.6 Å². The minimum absolute atomic E-state index is 0.0164.